The van der Waals surface area contributed by atoms with E-state index < -0.39 is 5.54 Å². The molecule has 1 aliphatic heterocycles. The highest BCUT2D eigenvalue weighted by atomic mass is 16.5. The van der Waals surface area contributed by atoms with Gasteiger partial charge in [-0.1, -0.05) is 27.7 Å². The molecule has 1 saturated carbocycles. The second-order valence-corrected chi connectivity index (χ2v) is 6.98. The largest absolute Gasteiger partial charge is 0.377 e. The normalized spacial score (nSPS) is 33.2. The molecule has 120 valence electrons. The van der Waals surface area contributed by atoms with Gasteiger partial charge in [0.05, 0.1) is 6.10 Å². The van der Waals surface area contributed by atoms with E-state index in [9.17, 15) is 9.59 Å². The Labute approximate surface area is 126 Å². The zero-order valence-electron chi connectivity index (χ0n) is 13.4. The summed E-state index contributed by atoms with van der Waals surface area (Å²) in [5.41, 5.74) is 5.18. The molecule has 4 N–H and O–H groups in total. The SMILES string of the molecule is CC(C)C(=O)NCCNC(=O)C1(N)C2CCOC2C1(C)C. The van der Waals surface area contributed by atoms with Crippen LogP contribution in [0.3, 0.4) is 0 Å². The van der Waals surface area contributed by atoms with Crippen molar-refractivity contribution in [2.24, 2.45) is 23.0 Å². The summed E-state index contributed by atoms with van der Waals surface area (Å²) < 4.78 is 5.68. The van der Waals surface area contributed by atoms with E-state index in [1.807, 2.05) is 27.7 Å². The van der Waals surface area contributed by atoms with Crippen LogP contribution in [0.15, 0.2) is 0 Å². The Hall–Kier alpha value is -1.14. The molecule has 6 heteroatoms. The molecular weight excluding hydrogens is 270 g/mol. The predicted molar refractivity (Wildman–Crippen MR) is 79.4 cm³/mol. The average molecular weight is 297 g/mol. The summed E-state index contributed by atoms with van der Waals surface area (Å²) in [6.45, 7) is 9.13. The lowest BCUT2D eigenvalue weighted by atomic mass is 9.48. The molecule has 2 aliphatic rings. The van der Waals surface area contributed by atoms with E-state index in [-0.39, 0.29) is 35.2 Å². The second-order valence-electron chi connectivity index (χ2n) is 6.98. The first-order chi connectivity index (χ1) is 9.73. The van der Waals surface area contributed by atoms with Crippen LogP contribution < -0.4 is 16.4 Å². The van der Waals surface area contributed by atoms with Crippen molar-refractivity contribution in [3.05, 3.63) is 0 Å². The number of hydrogen-bond acceptors (Lipinski definition) is 4. The van der Waals surface area contributed by atoms with Gasteiger partial charge in [0.25, 0.3) is 0 Å². The molecule has 6 nitrogen and oxygen atoms in total. The summed E-state index contributed by atoms with van der Waals surface area (Å²) in [7, 11) is 0. The van der Waals surface area contributed by atoms with Crippen LogP contribution >= 0.6 is 0 Å². The first-order valence-electron chi connectivity index (χ1n) is 7.69. The van der Waals surface area contributed by atoms with Crippen molar-refractivity contribution in [1.82, 2.24) is 10.6 Å². The van der Waals surface area contributed by atoms with Crippen molar-refractivity contribution in [1.29, 1.82) is 0 Å². The fourth-order valence-electron chi connectivity index (χ4n) is 3.56. The molecule has 0 aromatic heterocycles. The van der Waals surface area contributed by atoms with Gasteiger partial charge in [-0.05, 0) is 6.42 Å². The van der Waals surface area contributed by atoms with Crippen LogP contribution in [0.1, 0.15) is 34.1 Å². The van der Waals surface area contributed by atoms with Crippen LogP contribution in [-0.4, -0.2) is 43.2 Å². The molecule has 0 aromatic carbocycles. The van der Waals surface area contributed by atoms with Crippen LogP contribution in [-0.2, 0) is 14.3 Å². The molecule has 2 fully saturated rings. The van der Waals surface area contributed by atoms with E-state index in [2.05, 4.69) is 10.6 Å². The predicted octanol–water partition coefficient (Wildman–Crippen LogP) is 0.0172. The monoisotopic (exact) mass is 297 g/mol. The Morgan fingerprint density at radius 1 is 1.29 bits per heavy atom. The molecule has 0 spiro atoms. The third-order valence-electron chi connectivity index (χ3n) is 5.06. The maximum atomic E-state index is 12.5. The first kappa shape index (κ1) is 16.2. The van der Waals surface area contributed by atoms with Crippen molar-refractivity contribution in [3.63, 3.8) is 0 Å². The first-order valence-corrected chi connectivity index (χ1v) is 7.69. The molecule has 3 atom stereocenters. The van der Waals surface area contributed by atoms with Gasteiger partial charge in [0.1, 0.15) is 5.54 Å². The van der Waals surface area contributed by atoms with Crippen molar-refractivity contribution in [2.45, 2.75) is 45.8 Å². The average Bonchev–Trinajstić information content (AvgIpc) is 2.90. The Balaban J connectivity index is 1.85. The zero-order chi connectivity index (χ0) is 15.8. The van der Waals surface area contributed by atoms with E-state index in [0.717, 1.165) is 6.42 Å². The third kappa shape index (κ3) is 2.44. The summed E-state index contributed by atoms with van der Waals surface area (Å²) in [5.74, 6) is -0.112. The van der Waals surface area contributed by atoms with Crippen molar-refractivity contribution < 1.29 is 14.3 Å². The molecular formula is C15H27N3O3. The highest BCUT2D eigenvalue weighted by molar-refractivity contribution is 5.89. The smallest absolute Gasteiger partial charge is 0.241 e. The maximum absolute atomic E-state index is 12.5. The quantitative estimate of drug-likeness (QED) is 0.624. The fourth-order valence-corrected chi connectivity index (χ4v) is 3.56. The van der Waals surface area contributed by atoms with E-state index in [0.29, 0.717) is 19.7 Å². The molecule has 2 amide bonds. The highest BCUT2D eigenvalue weighted by Crippen LogP contribution is 2.58. The number of nitrogens with one attached hydrogen (secondary N) is 2. The van der Waals surface area contributed by atoms with Gasteiger partial charge in [0, 0.05) is 36.9 Å². The number of amides is 2. The molecule has 0 aromatic rings. The summed E-state index contributed by atoms with van der Waals surface area (Å²) in [6, 6.07) is 0. The van der Waals surface area contributed by atoms with Crippen LogP contribution in [0.4, 0.5) is 0 Å². The van der Waals surface area contributed by atoms with Crippen molar-refractivity contribution >= 4 is 11.8 Å². The molecule has 21 heavy (non-hydrogen) atoms. The number of rotatable bonds is 5. The fraction of sp³-hybridized carbons (Fsp3) is 0.867. The number of fused-ring (bicyclic) bond motifs is 1. The van der Waals surface area contributed by atoms with E-state index in [1.165, 1.54) is 0 Å². The minimum atomic E-state index is -0.879. The van der Waals surface area contributed by atoms with E-state index >= 15 is 0 Å². The maximum Gasteiger partial charge on any atom is 0.241 e. The Kier molecular flexibility index (Phi) is 4.31. The Bertz CT molecular complexity index is 436. The van der Waals surface area contributed by atoms with E-state index in [1.54, 1.807) is 0 Å². The van der Waals surface area contributed by atoms with Gasteiger partial charge in [-0.3, -0.25) is 9.59 Å². The van der Waals surface area contributed by atoms with Gasteiger partial charge in [-0.25, -0.2) is 0 Å². The standard InChI is InChI=1S/C15H27N3O3/c1-9(2)12(19)17-6-7-18-13(20)15(16)10-5-8-21-11(10)14(15,3)4/h9-11H,5-8,16H2,1-4H3,(H,17,19)(H,18,20). The lowest BCUT2D eigenvalue weighted by Gasteiger charge is -2.60. The number of nitrogens with two attached hydrogens (primary N) is 1. The molecule has 1 heterocycles. The Morgan fingerprint density at radius 3 is 2.52 bits per heavy atom. The molecule has 1 saturated heterocycles. The van der Waals surface area contributed by atoms with Gasteiger partial charge < -0.3 is 21.1 Å². The van der Waals surface area contributed by atoms with Crippen molar-refractivity contribution in [3.8, 4) is 0 Å². The number of ether oxygens (including phenoxy) is 1. The number of carbonyl (C=O) groups excluding carboxylic acids is 2. The molecule has 0 bridgehead atoms. The van der Waals surface area contributed by atoms with E-state index in [4.69, 9.17) is 10.5 Å². The summed E-state index contributed by atoms with van der Waals surface area (Å²) in [5, 5.41) is 5.63. The van der Waals surface area contributed by atoms with Gasteiger partial charge in [0.2, 0.25) is 11.8 Å². The minimum Gasteiger partial charge on any atom is -0.377 e. The zero-order valence-corrected chi connectivity index (χ0v) is 13.4. The lowest BCUT2D eigenvalue weighted by molar-refractivity contribution is -0.175. The third-order valence-corrected chi connectivity index (χ3v) is 5.06. The van der Waals surface area contributed by atoms with Gasteiger partial charge in [-0.2, -0.15) is 0 Å². The van der Waals surface area contributed by atoms with Crippen LogP contribution in [0.5, 0.6) is 0 Å². The van der Waals surface area contributed by atoms with Gasteiger partial charge in [0.15, 0.2) is 0 Å². The Morgan fingerprint density at radius 2 is 1.90 bits per heavy atom. The lowest BCUT2D eigenvalue weighted by Crippen LogP contribution is -2.80. The minimum absolute atomic E-state index is 0.0139. The molecule has 3 unspecified atom stereocenters. The van der Waals surface area contributed by atoms with Gasteiger partial charge >= 0.3 is 0 Å². The number of carbonyl (C=O) groups is 2. The molecule has 1 aliphatic carbocycles. The summed E-state index contributed by atoms with van der Waals surface area (Å²) in [4.78, 5) is 23.9. The van der Waals surface area contributed by atoms with Crippen molar-refractivity contribution in [2.75, 3.05) is 19.7 Å². The summed E-state index contributed by atoms with van der Waals surface area (Å²) in [6.07, 6.45) is 0.913. The molecule has 0 radical (unpaired) electrons. The van der Waals surface area contributed by atoms with Crippen LogP contribution in [0.2, 0.25) is 0 Å². The molecule has 2 rings (SSSR count). The second kappa shape index (κ2) is 5.57. The van der Waals surface area contributed by atoms with Gasteiger partial charge in [-0.15, -0.1) is 0 Å². The van der Waals surface area contributed by atoms with Crippen LogP contribution in [0, 0.1) is 17.3 Å². The topological polar surface area (TPSA) is 93.5 Å². The van der Waals surface area contributed by atoms with Crippen LogP contribution in [0.25, 0.3) is 0 Å². The highest BCUT2D eigenvalue weighted by Gasteiger charge is 2.71. The summed E-state index contributed by atoms with van der Waals surface area (Å²) >= 11 is 0. The number of hydrogen-bond donors (Lipinski definition) is 3.